The minimum atomic E-state index is -3.80. The third kappa shape index (κ3) is 26.7. The van der Waals surface area contributed by atoms with Crippen molar-refractivity contribution in [2.75, 3.05) is 129 Å². The molecule has 2 saturated carbocycles. The SMILES string of the molecule is CCc1ccc(N(CC(C)C)S(=O)(=O)c2ccc3c(c2)C(O)CCN3CC2CCC(O)CC2)cc1.CCc1ccc(N(CC(C)C)S(=O)(=O)c2ccc3c(c2)C(O)CCN3CC2CCC(O)CC2)cc1.CCc1ccc(N(CC(C)C)S(=O)(=O)c2ccc3c(c2)C(O)CCN3[C@@H](C)C2CCOCC2)cc1.CCc1ccc(N(CC(C)C)S(=O)(=O)c2ccc3c(c2)C(O)CCN3[C@@H](C)C2CCOCC2)cc1. The van der Waals surface area contributed by atoms with Crippen LogP contribution >= 0.6 is 0 Å². The van der Waals surface area contributed by atoms with Crippen molar-refractivity contribution in [3.05, 3.63) is 214 Å². The van der Waals surface area contributed by atoms with Crippen LogP contribution in [-0.2, 0) is 75.3 Å². The van der Waals surface area contributed by atoms with Gasteiger partial charge in [-0.05, 0) is 333 Å². The van der Waals surface area contributed by atoms with E-state index in [9.17, 15) is 64.3 Å². The monoisotopic (exact) mass is 2000 g/mol. The molecule has 8 aromatic carbocycles. The number of aliphatic hydroxyl groups is 6. The van der Waals surface area contributed by atoms with Crippen LogP contribution in [0.4, 0.5) is 45.5 Å². The van der Waals surface area contributed by atoms with E-state index in [2.05, 4.69) is 61.1 Å². The normalized spacial score (nSPS) is 21.4. The highest BCUT2D eigenvalue weighted by Crippen LogP contribution is 2.46. The summed E-state index contributed by atoms with van der Waals surface area (Å²) in [6.45, 7) is 38.5. The maximum Gasteiger partial charge on any atom is 0.264 e. The summed E-state index contributed by atoms with van der Waals surface area (Å²) in [6.07, 6.45) is 14.4. The molecule has 6 heterocycles. The lowest BCUT2D eigenvalue weighted by molar-refractivity contribution is 0.0582. The Morgan fingerprint density at radius 2 is 0.521 bits per heavy atom. The number of ether oxygens (including phenoxy) is 2. The molecule has 0 radical (unpaired) electrons. The zero-order valence-electron chi connectivity index (χ0n) is 85.4. The second-order valence-electron chi connectivity index (χ2n) is 41.9. The Morgan fingerprint density at radius 1 is 0.293 bits per heavy atom. The van der Waals surface area contributed by atoms with Crippen molar-refractivity contribution >= 4 is 85.6 Å². The maximum absolute atomic E-state index is 13.9. The quantitative estimate of drug-likeness (QED) is 0.0228. The number of benzene rings is 8. The first-order chi connectivity index (χ1) is 66.8. The fourth-order valence-corrected chi connectivity index (χ4v) is 28.0. The van der Waals surface area contributed by atoms with Crippen LogP contribution in [0.25, 0.3) is 0 Å². The van der Waals surface area contributed by atoms with Gasteiger partial charge >= 0.3 is 0 Å². The van der Waals surface area contributed by atoms with E-state index in [1.807, 2.05) is 177 Å². The van der Waals surface area contributed by atoms with E-state index in [4.69, 9.17) is 9.47 Å². The molecule has 0 spiro atoms. The van der Waals surface area contributed by atoms with Crippen molar-refractivity contribution in [1.82, 2.24) is 0 Å². The van der Waals surface area contributed by atoms with E-state index in [1.165, 1.54) is 39.5 Å². The fourth-order valence-electron chi connectivity index (χ4n) is 21.3. The Kier molecular flexibility index (Phi) is 38.1. The van der Waals surface area contributed by atoms with Gasteiger partial charge in [-0.15, -0.1) is 0 Å². The highest BCUT2D eigenvalue weighted by atomic mass is 32.2. The van der Waals surface area contributed by atoms with Gasteiger partial charge in [-0.2, -0.15) is 0 Å². The molecule has 16 rings (SSSR count). The predicted molar refractivity (Wildman–Crippen MR) is 566 cm³/mol. The summed E-state index contributed by atoms with van der Waals surface area (Å²) in [7, 11) is -15.2. The van der Waals surface area contributed by atoms with Crippen LogP contribution in [0, 0.1) is 47.3 Å². The number of anilines is 8. The Morgan fingerprint density at radius 3 is 0.757 bits per heavy atom. The van der Waals surface area contributed by atoms with Gasteiger partial charge in [0.2, 0.25) is 0 Å². The minimum absolute atomic E-state index is 0.156. The first kappa shape index (κ1) is 109. The van der Waals surface area contributed by atoms with Gasteiger partial charge in [0.05, 0.1) is 79.0 Å². The third-order valence-corrected chi connectivity index (χ3v) is 37.0. The van der Waals surface area contributed by atoms with Crippen molar-refractivity contribution in [3.63, 3.8) is 0 Å². The summed E-state index contributed by atoms with van der Waals surface area (Å²) in [6, 6.07) is 52.7. The lowest BCUT2D eigenvalue weighted by Crippen LogP contribution is -2.44. The molecule has 6 atom stereocenters. The molecule has 4 fully saturated rings. The molecule has 2 aliphatic carbocycles. The third-order valence-electron chi connectivity index (χ3n) is 29.8. The van der Waals surface area contributed by atoms with Gasteiger partial charge in [-0.3, -0.25) is 17.2 Å². The largest absolute Gasteiger partial charge is 0.393 e. The molecule has 768 valence electrons. The van der Waals surface area contributed by atoms with E-state index in [0.29, 0.717) is 133 Å². The van der Waals surface area contributed by atoms with Crippen LogP contribution in [0.2, 0.25) is 0 Å². The summed E-state index contributed by atoms with van der Waals surface area (Å²) < 4.78 is 128. The van der Waals surface area contributed by atoms with Crippen LogP contribution in [0.5, 0.6) is 0 Å². The summed E-state index contributed by atoms with van der Waals surface area (Å²) >= 11 is 0. The zero-order chi connectivity index (χ0) is 101. The lowest BCUT2D eigenvalue weighted by Gasteiger charge is -2.42. The standard InChI is InChI=1S/4C28H40N2O4S/c2*1-5-22-6-8-24(9-7-22)30(19-20(2)3)35(32,33)25-10-11-27-26(18-25)28(31)12-15-29(27)21(4)23-13-16-34-17-14-23;2*1-4-21-5-9-23(10-6-21)30(18-20(2)3)35(33,34)25-13-14-27-26(17-25)28(32)15-16-29(27)19-22-7-11-24(31)12-8-22/h2*6-11,18,20-21,23,28,31H,5,12-17,19H2,1-4H3;2*5-6,9-10,13-14,17,20,22,24,28,31-32H,4,7-8,11-12,15-16,18-19H2,1-3H3/t2*21-,28?;;/m00../s1. The molecular weight excluding hydrogens is 1840 g/mol. The second-order valence-corrected chi connectivity index (χ2v) is 49.4. The summed E-state index contributed by atoms with van der Waals surface area (Å²) in [5, 5.41) is 63.0. The maximum atomic E-state index is 13.9. The highest BCUT2D eigenvalue weighted by molar-refractivity contribution is 7.93. The number of aliphatic hydroxyl groups excluding tert-OH is 6. The molecule has 24 nitrogen and oxygen atoms in total. The lowest BCUT2D eigenvalue weighted by atomic mass is 9.86. The second kappa shape index (κ2) is 49.0. The van der Waals surface area contributed by atoms with Crippen LogP contribution in [0.1, 0.15) is 269 Å². The number of hydrogen-bond acceptors (Lipinski definition) is 20. The van der Waals surface area contributed by atoms with Crippen molar-refractivity contribution < 1.29 is 73.8 Å². The average Bonchev–Trinajstić information content (AvgIpc) is 0.746. The Hall–Kier alpha value is -8.36. The number of hydrogen-bond donors (Lipinski definition) is 6. The molecule has 0 amide bonds. The average molecular weight is 2000 g/mol. The Bertz CT molecular complexity index is 5440. The Labute approximate surface area is 837 Å². The first-order valence-electron chi connectivity index (χ1n) is 52.1. The van der Waals surface area contributed by atoms with Gasteiger partial charge in [0.1, 0.15) is 0 Å². The molecule has 28 heteroatoms. The molecule has 0 bridgehead atoms. The van der Waals surface area contributed by atoms with Gasteiger partial charge in [-0.25, -0.2) is 33.7 Å². The molecule has 8 aromatic rings. The van der Waals surface area contributed by atoms with E-state index < -0.39 is 64.5 Å². The predicted octanol–water partition coefficient (Wildman–Crippen LogP) is 20.1. The summed E-state index contributed by atoms with van der Waals surface area (Å²) in [5.74, 6) is 2.72. The van der Waals surface area contributed by atoms with Crippen molar-refractivity contribution in [3.8, 4) is 0 Å². The first-order valence-corrected chi connectivity index (χ1v) is 57.9. The van der Waals surface area contributed by atoms with E-state index >= 15 is 0 Å². The minimum Gasteiger partial charge on any atom is -0.393 e. The Balaban J connectivity index is 0.000000157. The van der Waals surface area contributed by atoms with E-state index in [1.54, 1.807) is 48.5 Å². The van der Waals surface area contributed by atoms with Gasteiger partial charge in [-0.1, -0.05) is 132 Å². The number of rotatable bonds is 32. The van der Waals surface area contributed by atoms with E-state index in [0.717, 1.165) is 191 Å². The fraction of sp³-hybridized carbons (Fsp3) is 0.571. The van der Waals surface area contributed by atoms with Crippen LogP contribution in [0.15, 0.2) is 189 Å². The molecule has 2 saturated heterocycles. The van der Waals surface area contributed by atoms with Crippen LogP contribution < -0.4 is 36.8 Å². The molecule has 140 heavy (non-hydrogen) atoms. The molecule has 8 aliphatic rings. The van der Waals surface area contributed by atoms with Gasteiger partial charge < -0.3 is 59.7 Å². The van der Waals surface area contributed by atoms with Gasteiger partial charge in [0.15, 0.2) is 0 Å². The van der Waals surface area contributed by atoms with Crippen LogP contribution in [0.3, 0.4) is 0 Å². The summed E-state index contributed by atoms with van der Waals surface area (Å²) in [5.41, 5.74) is 13.9. The van der Waals surface area contributed by atoms with E-state index in [-0.39, 0.29) is 55.5 Å². The number of fused-ring (bicyclic) bond motifs is 4. The number of aryl methyl sites for hydroxylation is 4. The smallest absolute Gasteiger partial charge is 0.264 e. The van der Waals surface area contributed by atoms with Gasteiger partial charge in [0, 0.05) is 149 Å². The molecule has 6 aliphatic heterocycles. The summed E-state index contributed by atoms with van der Waals surface area (Å²) in [4.78, 5) is 10.2. The van der Waals surface area contributed by atoms with Crippen molar-refractivity contribution in [2.45, 2.75) is 294 Å². The number of sulfonamides is 4. The van der Waals surface area contributed by atoms with Crippen molar-refractivity contribution in [1.29, 1.82) is 0 Å². The highest BCUT2D eigenvalue weighted by Gasteiger charge is 2.40. The molecular formula is C112H160N8O16S4. The molecule has 4 unspecified atom stereocenters. The topological polar surface area (TPSA) is 302 Å². The van der Waals surface area contributed by atoms with Crippen LogP contribution in [-0.4, -0.2) is 180 Å². The zero-order valence-corrected chi connectivity index (χ0v) is 88.7. The molecule has 6 N–H and O–H groups in total. The molecule has 0 aromatic heterocycles. The van der Waals surface area contributed by atoms with Gasteiger partial charge in [0.25, 0.3) is 40.1 Å². The number of nitrogens with zero attached hydrogens (tertiary/aromatic N) is 8. The van der Waals surface area contributed by atoms with Crippen molar-refractivity contribution in [2.24, 2.45) is 47.3 Å².